The van der Waals surface area contributed by atoms with Crippen molar-refractivity contribution in [2.45, 2.75) is 176 Å². The largest absolute Gasteiger partial charge is 0.507 e. The lowest BCUT2D eigenvalue weighted by Gasteiger charge is -2.31. The van der Waals surface area contributed by atoms with E-state index in [2.05, 4.69) is 161 Å². The molecule has 0 aliphatic heterocycles. The zero-order chi connectivity index (χ0) is 37.9. The van der Waals surface area contributed by atoms with E-state index >= 15 is 0 Å². The summed E-state index contributed by atoms with van der Waals surface area (Å²) in [5.41, 5.74) is 8.52. The molecule has 3 aromatic carbocycles. The van der Waals surface area contributed by atoms with Gasteiger partial charge in [-0.3, -0.25) is 0 Å². The van der Waals surface area contributed by atoms with Crippen molar-refractivity contribution >= 4 is 7.92 Å². The second-order valence-electron chi connectivity index (χ2n) is 20.8. The Bertz CT molecular complexity index is 1350. The van der Waals surface area contributed by atoms with E-state index in [9.17, 15) is 15.3 Å². The van der Waals surface area contributed by atoms with E-state index in [0.717, 1.165) is 51.9 Å². The molecule has 0 bridgehead atoms. The minimum Gasteiger partial charge on any atom is -0.507 e. The fraction of sp³-hybridized carbons (Fsp3) is 0.600. The summed E-state index contributed by atoms with van der Waals surface area (Å²) < 4.78 is 0. The van der Waals surface area contributed by atoms with Crippen LogP contribution in [0, 0.1) is 0 Å². The molecule has 3 N–H and O–H groups in total. The molecule has 0 amide bonds. The minimum absolute atomic E-state index is 0.205. The van der Waals surface area contributed by atoms with Gasteiger partial charge in [-0.05, 0) is 101 Å². The Morgan fingerprint density at radius 2 is 0.469 bits per heavy atom. The smallest absolute Gasteiger partial charge is 0.123 e. The zero-order valence-corrected chi connectivity index (χ0v) is 35.3. The predicted molar refractivity (Wildman–Crippen MR) is 215 cm³/mol. The first kappa shape index (κ1) is 40.9. The maximum absolute atomic E-state index is 11.5. The van der Waals surface area contributed by atoms with E-state index in [1.54, 1.807) is 0 Å². The minimum atomic E-state index is -0.653. The molecule has 0 saturated carbocycles. The molecule has 0 radical (unpaired) electrons. The summed E-state index contributed by atoms with van der Waals surface area (Å²) in [6.45, 7) is 39.2. The molecule has 0 fully saturated rings. The Hall–Kier alpha value is -2.51. The average Bonchev–Trinajstić information content (AvgIpc) is 2.87. The molecule has 3 aromatic rings. The lowest BCUT2D eigenvalue weighted by atomic mass is 9.78. The Balaban J connectivity index is 2.33. The number of aromatic hydroxyl groups is 3. The highest BCUT2D eigenvalue weighted by Gasteiger charge is 2.31. The highest BCUT2D eigenvalue weighted by molar-refractivity contribution is 7.55. The zero-order valence-electron chi connectivity index (χ0n) is 34.4. The Kier molecular flexibility index (Phi) is 11.3. The summed E-state index contributed by atoms with van der Waals surface area (Å²) in [4.78, 5) is 0. The van der Waals surface area contributed by atoms with Gasteiger partial charge in [-0.25, -0.2) is 0 Å². The van der Waals surface area contributed by atoms with E-state index in [-0.39, 0.29) is 32.5 Å². The van der Waals surface area contributed by atoms with Crippen molar-refractivity contribution in [1.29, 1.82) is 0 Å². The van der Waals surface area contributed by atoms with Crippen molar-refractivity contribution in [3.8, 4) is 17.2 Å². The summed E-state index contributed by atoms with van der Waals surface area (Å²) in [5, 5.41) is 34.6. The first-order chi connectivity index (χ1) is 21.8. The van der Waals surface area contributed by atoms with Crippen LogP contribution in [-0.2, 0) is 51.0 Å². The fourth-order valence-corrected chi connectivity index (χ4v) is 9.16. The maximum Gasteiger partial charge on any atom is 0.123 e. The molecule has 0 aromatic heterocycles. The van der Waals surface area contributed by atoms with Crippen molar-refractivity contribution in [1.82, 2.24) is 0 Å². The summed E-state index contributed by atoms with van der Waals surface area (Å²) >= 11 is 0. The van der Waals surface area contributed by atoms with Crippen LogP contribution in [0.2, 0.25) is 0 Å². The van der Waals surface area contributed by atoms with Gasteiger partial charge in [-0.2, -0.15) is 0 Å². The van der Waals surface area contributed by atoms with Gasteiger partial charge in [0.05, 0.1) is 0 Å². The van der Waals surface area contributed by atoms with Gasteiger partial charge in [-0.15, -0.1) is 0 Å². The van der Waals surface area contributed by atoms with Gasteiger partial charge in [0.1, 0.15) is 17.2 Å². The highest BCUT2D eigenvalue weighted by atomic mass is 31.1. The van der Waals surface area contributed by atoms with E-state index in [4.69, 9.17) is 0 Å². The molecule has 0 atom stereocenters. The second-order valence-corrected chi connectivity index (χ2v) is 23.1. The number of benzene rings is 3. The highest BCUT2D eigenvalue weighted by Crippen LogP contribution is 2.52. The molecular formula is C45H69O3P. The van der Waals surface area contributed by atoms with Gasteiger partial charge in [0.15, 0.2) is 0 Å². The molecule has 49 heavy (non-hydrogen) atoms. The standard InChI is InChI=1S/C45H69O3P/c1-40(2,3)31-19-28(20-32(37(31)46)41(4,5)6)25-49(26-29-21-33(42(7,8)9)38(47)34(22-29)43(10,11)12)27-30-23-35(44(13,14)15)39(48)36(24-30)45(16,17)18/h19-24,46-48H,25-27H2,1-18H3. The van der Waals surface area contributed by atoms with Gasteiger partial charge >= 0.3 is 0 Å². The van der Waals surface area contributed by atoms with Crippen LogP contribution in [0.3, 0.4) is 0 Å². The van der Waals surface area contributed by atoms with E-state index in [1.807, 2.05) is 0 Å². The van der Waals surface area contributed by atoms with Gasteiger partial charge in [0.25, 0.3) is 0 Å². The third-order valence-electron chi connectivity index (χ3n) is 9.58. The van der Waals surface area contributed by atoms with Crippen LogP contribution in [-0.4, -0.2) is 15.3 Å². The maximum atomic E-state index is 11.5. The van der Waals surface area contributed by atoms with Gasteiger partial charge in [0, 0.05) is 0 Å². The van der Waals surface area contributed by atoms with Crippen molar-refractivity contribution in [2.24, 2.45) is 0 Å². The molecular weight excluding hydrogens is 619 g/mol. The SMILES string of the molecule is CC(C)(C)c1cc(CP(Cc2cc(C(C)(C)C)c(O)c(C(C)(C)C)c2)Cc2cc(C(C)(C)C)c(O)c(C(C)(C)C)c2)cc(C(C)(C)C)c1O. The molecule has 4 heteroatoms. The molecule has 0 spiro atoms. The summed E-state index contributed by atoms with van der Waals surface area (Å²) in [7, 11) is -0.653. The van der Waals surface area contributed by atoms with Crippen LogP contribution in [0.15, 0.2) is 36.4 Å². The Morgan fingerprint density at radius 3 is 0.592 bits per heavy atom. The lowest BCUT2D eigenvalue weighted by Crippen LogP contribution is -2.18. The van der Waals surface area contributed by atoms with Crippen LogP contribution in [0.1, 0.15) is 175 Å². The van der Waals surface area contributed by atoms with Gasteiger partial charge in [-0.1, -0.05) is 169 Å². The van der Waals surface area contributed by atoms with Crippen LogP contribution in [0.4, 0.5) is 0 Å². The lowest BCUT2D eigenvalue weighted by molar-refractivity contribution is 0.422. The van der Waals surface area contributed by atoms with E-state index < -0.39 is 7.92 Å². The Morgan fingerprint density at radius 1 is 0.327 bits per heavy atom. The predicted octanol–water partition coefficient (Wildman–Crippen LogP) is 13.0. The molecule has 0 heterocycles. The quantitative estimate of drug-likeness (QED) is 0.226. The van der Waals surface area contributed by atoms with Gasteiger partial charge in [0.2, 0.25) is 0 Å². The molecule has 272 valence electrons. The first-order valence-corrected chi connectivity index (χ1v) is 20.0. The summed E-state index contributed by atoms with van der Waals surface area (Å²) in [6, 6.07) is 13.5. The average molecular weight is 689 g/mol. The third kappa shape index (κ3) is 9.84. The molecule has 0 aliphatic rings. The van der Waals surface area contributed by atoms with Crippen LogP contribution >= 0.6 is 7.92 Å². The fourth-order valence-electron chi connectivity index (χ4n) is 6.73. The normalized spacial score (nSPS) is 13.8. The molecule has 0 saturated heterocycles. The van der Waals surface area contributed by atoms with Crippen LogP contribution in [0.5, 0.6) is 17.2 Å². The second kappa shape index (κ2) is 13.6. The van der Waals surface area contributed by atoms with Crippen LogP contribution in [0.25, 0.3) is 0 Å². The number of phenolic OH excluding ortho intramolecular Hbond substituents is 3. The number of hydrogen-bond donors (Lipinski definition) is 3. The molecule has 0 unspecified atom stereocenters. The number of rotatable bonds is 6. The van der Waals surface area contributed by atoms with Crippen molar-refractivity contribution in [3.63, 3.8) is 0 Å². The van der Waals surface area contributed by atoms with Crippen molar-refractivity contribution < 1.29 is 15.3 Å². The monoisotopic (exact) mass is 688 g/mol. The van der Waals surface area contributed by atoms with Gasteiger partial charge < -0.3 is 15.3 Å². The van der Waals surface area contributed by atoms with Crippen molar-refractivity contribution in [2.75, 3.05) is 0 Å². The summed E-state index contributed by atoms with van der Waals surface area (Å²) in [5.74, 6) is 1.25. The Labute approximate surface area is 301 Å². The van der Waals surface area contributed by atoms with Crippen molar-refractivity contribution in [3.05, 3.63) is 86.5 Å². The molecule has 3 rings (SSSR count). The topological polar surface area (TPSA) is 60.7 Å². The van der Waals surface area contributed by atoms with E-state index in [1.165, 1.54) is 16.7 Å². The van der Waals surface area contributed by atoms with Crippen LogP contribution < -0.4 is 0 Å². The first-order valence-electron chi connectivity index (χ1n) is 18.1. The molecule has 3 nitrogen and oxygen atoms in total. The number of hydrogen-bond acceptors (Lipinski definition) is 3. The number of phenols is 3. The third-order valence-corrected chi connectivity index (χ3v) is 12.0. The van der Waals surface area contributed by atoms with E-state index in [0.29, 0.717) is 17.2 Å². The summed E-state index contributed by atoms with van der Waals surface area (Å²) in [6.07, 6.45) is 2.69. The molecule has 0 aliphatic carbocycles.